The summed E-state index contributed by atoms with van der Waals surface area (Å²) in [4.78, 5) is 32.6. The van der Waals surface area contributed by atoms with Crippen LogP contribution in [0.3, 0.4) is 0 Å². The fourth-order valence-electron chi connectivity index (χ4n) is 3.72. The minimum Gasteiger partial charge on any atom is -0.483 e. The van der Waals surface area contributed by atoms with Crippen LogP contribution in [0.1, 0.15) is 5.56 Å². The molecule has 0 bridgehead atoms. The van der Waals surface area contributed by atoms with Gasteiger partial charge in [-0.1, -0.05) is 54.1 Å². The van der Waals surface area contributed by atoms with Crippen molar-refractivity contribution in [1.82, 2.24) is 0 Å². The molecule has 0 spiro atoms. The molecule has 0 atom stereocenters. The van der Waals surface area contributed by atoms with Crippen LogP contribution >= 0.6 is 39.3 Å². The largest absolute Gasteiger partial charge is 0.483 e. The van der Waals surface area contributed by atoms with Crippen molar-refractivity contribution in [2.75, 3.05) is 16.8 Å². The molecular weight excluding hydrogens is 598 g/mol. The quantitative estimate of drug-likeness (QED) is 0.214. The van der Waals surface area contributed by atoms with Crippen molar-refractivity contribution in [2.24, 2.45) is 4.99 Å². The van der Waals surface area contributed by atoms with Crippen molar-refractivity contribution in [3.8, 4) is 5.75 Å². The van der Waals surface area contributed by atoms with Crippen molar-refractivity contribution in [3.63, 3.8) is 0 Å². The van der Waals surface area contributed by atoms with Crippen LogP contribution in [-0.2, 0) is 9.59 Å². The van der Waals surface area contributed by atoms with E-state index < -0.39 is 0 Å². The molecule has 4 aromatic carbocycles. The number of para-hydroxylation sites is 2. The lowest BCUT2D eigenvalue weighted by Gasteiger charge is -2.15. The Hall–Kier alpha value is -3.85. The molecule has 0 radical (unpaired) electrons. The fraction of sp³-hybridized carbons (Fsp3) is 0.0333. The van der Waals surface area contributed by atoms with Crippen LogP contribution in [0.2, 0.25) is 5.02 Å². The number of carbonyl (C=O) groups is 2. The maximum Gasteiger partial charge on any atom is 0.271 e. The lowest BCUT2D eigenvalue weighted by atomic mass is 10.2. The first-order valence-electron chi connectivity index (χ1n) is 11.9. The van der Waals surface area contributed by atoms with Gasteiger partial charge in [-0.05, 0) is 100.0 Å². The molecule has 4 aromatic rings. The maximum absolute atomic E-state index is 13.5. The Balaban J connectivity index is 1.32. The summed E-state index contributed by atoms with van der Waals surface area (Å²) in [6.45, 7) is -0.165. The Bertz CT molecular complexity index is 1560. The molecule has 9 heteroatoms. The minimum atomic E-state index is -0.297. The number of thioether (sulfide) groups is 1. The van der Waals surface area contributed by atoms with Gasteiger partial charge in [0, 0.05) is 10.7 Å². The van der Waals surface area contributed by atoms with E-state index in [0.29, 0.717) is 31.0 Å². The Labute approximate surface area is 243 Å². The van der Waals surface area contributed by atoms with Gasteiger partial charge >= 0.3 is 0 Å². The molecule has 0 unspecified atom stereocenters. The van der Waals surface area contributed by atoms with E-state index in [1.54, 1.807) is 35.2 Å². The average Bonchev–Trinajstić information content (AvgIpc) is 3.24. The molecule has 1 fully saturated rings. The highest BCUT2D eigenvalue weighted by Crippen LogP contribution is 2.38. The lowest BCUT2D eigenvalue weighted by Crippen LogP contribution is -2.28. The predicted octanol–water partition coefficient (Wildman–Crippen LogP) is 7.93. The zero-order valence-corrected chi connectivity index (χ0v) is 23.5. The fourth-order valence-corrected chi connectivity index (χ4v) is 5.35. The van der Waals surface area contributed by atoms with Crippen LogP contribution in [0.5, 0.6) is 5.75 Å². The lowest BCUT2D eigenvalue weighted by molar-refractivity contribution is -0.118. The van der Waals surface area contributed by atoms with Gasteiger partial charge in [0.15, 0.2) is 11.8 Å². The second kappa shape index (κ2) is 12.3. The molecule has 5 rings (SSSR count). The van der Waals surface area contributed by atoms with Crippen LogP contribution in [0.25, 0.3) is 6.08 Å². The number of amides is 2. The molecule has 6 nitrogen and oxygen atoms in total. The van der Waals surface area contributed by atoms with Crippen molar-refractivity contribution >= 4 is 79.4 Å². The number of carbonyl (C=O) groups excluding carboxylic acids is 2. The molecule has 1 aliphatic heterocycles. The number of halogens is 2. The summed E-state index contributed by atoms with van der Waals surface area (Å²) in [5.74, 6) is 0.0526. The molecule has 1 heterocycles. The smallest absolute Gasteiger partial charge is 0.271 e. The molecule has 0 saturated carbocycles. The summed E-state index contributed by atoms with van der Waals surface area (Å²) in [6, 6.07) is 31.2. The zero-order valence-electron chi connectivity index (χ0n) is 20.4. The zero-order chi connectivity index (χ0) is 27.2. The van der Waals surface area contributed by atoms with Gasteiger partial charge in [-0.25, -0.2) is 4.99 Å². The molecular formula is C30H21BrClN3O3S. The van der Waals surface area contributed by atoms with Gasteiger partial charge < -0.3 is 10.1 Å². The molecule has 2 amide bonds. The van der Waals surface area contributed by atoms with Crippen molar-refractivity contribution in [1.29, 1.82) is 0 Å². The molecule has 0 aliphatic carbocycles. The predicted molar refractivity (Wildman–Crippen MR) is 163 cm³/mol. The second-order valence-electron chi connectivity index (χ2n) is 8.35. The van der Waals surface area contributed by atoms with Gasteiger partial charge in [0.1, 0.15) is 5.75 Å². The number of anilines is 2. The summed E-state index contributed by atoms with van der Waals surface area (Å²) >= 11 is 10.7. The second-order valence-corrected chi connectivity index (χ2v) is 10.7. The monoisotopic (exact) mass is 617 g/mol. The molecule has 39 heavy (non-hydrogen) atoms. The van der Waals surface area contributed by atoms with Crippen LogP contribution in [0.15, 0.2) is 117 Å². The first kappa shape index (κ1) is 26.7. The summed E-state index contributed by atoms with van der Waals surface area (Å²) < 4.78 is 6.35. The summed E-state index contributed by atoms with van der Waals surface area (Å²) in [5.41, 5.74) is 2.94. The van der Waals surface area contributed by atoms with Crippen molar-refractivity contribution in [3.05, 3.63) is 123 Å². The van der Waals surface area contributed by atoms with E-state index in [0.717, 1.165) is 16.9 Å². The Morgan fingerprint density at radius 3 is 2.36 bits per heavy atom. The van der Waals surface area contributed by atoms with Crippen LogP contribution in [-0.4, -0.2) is 23.6 Å². The number of aliphatic imine (C=N–C) groups is 1. The maximum atomic E-state index is 13.5. The van der Waals surface area contributed by atoms with Gasteiger partial charge in [-0.15, -0.1) is 0 Å². The third-order valence-corrected chi connectivity index (χ3v) is 7.38. The molecule has 1 N–H and O–H groups in total. The van der Waals surface area contributed by atoms with Gasteiger partial charge in [0.05, 0.1) is 20.8 Å². The Morgan fingerprint density at radius 2 is 1.67 bits per heavy atom. The van der Waals surface area contributed by atoms with E-state index in [2.05, 4.69) is 21.2 Å². The van der Waals surface area contributed by atoms with E-state index in [1.165, 1.54) is 11.8 Å². The summed E-state index contributed by atoms with van der Waals surface area (Å²) in [7, 11) is 0. The highest BCUT2D eigenvalue weighted by atomic mass is 79.9. The number of nitrogens with one attached hydrogen (secondary N) is 1. The van der Waals surface area contributed by atoms with E-state index in [4.69, 9.17) is 21.3 Å². The highest BCUT2D eigenvalue weighted by molar-refractivity contribution is 9.10. The van der Waals surface area contributed by atoms with Gasteiger partial charge in [-0.2, -0.15) is 0 Å². The number of nitrogens with zero attached hydrogens (tertiary/aromatic N) is 2. The molecule has 1 saturated heterocycles. The summed E-state index contributed by atoms with van der Waals surface area (Å²) in [5, 5.41) is 3.93. The third-order valence-electron chi connectivity index (χ3n) is 5.54. The first-order chi connectivity index (χ1) is 19.0. The highest BCUT2D eigenvalue weighted by Gasteiger charge is 2.34. The first-order valence-corrected chi connectivity index (χ1v) is 13.9. The minimum absolute atomic E-state index is 0.156. The number of benzene rings is 4. The summed E-state index contributed by atoms with van der Waals surface area (Å²) in [6.07, 6.45) is 1.82. The van der Waals surface area contributed by atoms with Gasteiger partial charge in [0.25, 0.3) is 11.8 Å². The number of hydrogen-bond donors (Lipinski definition) is 1. The van der Waals surface area contributed by atoms with E-state index in [1.807, 2.05) is 78.9 Å². The number of amidine groups is 1. The number of rotatable bonds is 7. The van der Waals surface area contributed by atoms with Crippen molar-refractivity contribution in [2.45, 2.75) is 0 Å². The molecule has 194 valence electrons. The van der Waals surface area contributed by atoms with E-state index in [9.17, 15) is 9.59 Å². The Kier molecular flexibility index (Phi) is 8.46. The van der Waals surface area contributed by atoms with Crippen LogP contribution in [0, 0.1) is 0 Å². The van der Waals surface area contributed by atoms with Crippen molar-refractivity contribution < 1.29 is 14.3 Å². The molecule has 1 aliphatic rings. The van der Waals surface area contributed by atoms with E-state index >= 15 is 0 Å². The number of ether oxygens (including phenoxy) is 1. The SMILES string of the molecule is O=C(COc1ccc(/C=C2\SC(=Nc3ccccc3)N(c3ccccc3)C2=O)cc1Br)Nc1ccc(Cl)cc1. The standard InChI is InChI=1S/C30H21BrClN3O3S/c31-25-17-20(11-16-26(25)38-19-28(36)33-23-14-12-21(32)13-15-23)18-27-29(37)35(24-9-5-2-6-10-24)30(39-27)34-22-7-3-1-4-8-22/h1-18H,19H2,(H,33,36)/b27-18-,34-30?. The van der Waals surface area contributed by atoms with Gasteiger partial charge in [0.2, 0.25) is 0 Å². The van der Waals surface area contributed by atoms with Gasteiger partial charge in [-0.3, -0.25) is 14.5 Å². The average molecular weight is 619 g/mol. The van der Waals surface area contributed by atoms with E-state index in [-0.39, 0.29) is 18.4 Å². The third kappa shape index (κ3) is 6.78. The topological polar surface area (TPSA) is 71.0 Å². The van der Waals surface area contributed by atoms with Crippen LogP contribution < -0.4 is 15.0 Å². The van der Waals surface area contributed by atoms with Crippen LogP contribution in [0.4, 0.5) is 17.1 Å². The normalized spacial score (nSPS) is 15.1. The molecule has 0 aromatic heterocycles. The Morgan fingerprint density at radius 1 is 0.974 bits per heavy atom. The number of hydrogen-bond acceptors (Lipinski definition) is 5.